The van der Waals surface area contributed by atoms with Gasteiger partial charge in [-0.15, -0.1) is 11.8 Å². The van der Waals surface area contributed by atoms with E-state index >= 15 is 0 Å². The van der Waals surface area contributed by atoms with Gasteiger partial charge in [-0.05, 0) is 19.2 Å². The third-order valence-electron chi connectivity index (χ3n) is 4.35. The van der Waals surface area contributed by atoms with Gasteiger partial charge < -0.3 is 19.4 Å². The summed E-state index contributed by atoms with van der Waals surface area (Å²) < 4.78 is 13.9. The summed E-state index contributed by atoms with van der Waals surface area (Å²) in [5.74, 6) is 1.69. The molecule has 8 heteroatoms. The smallest absolute Gasteiger partial charge is 0.222 e. The van der Waals surface area contributed by atoms with Crippen LogP contribution in [0.5, 0.6) is 11.5 Å². The summed E-state index contributed by atoms with van der Waals surface area (Å²) in [6.45, 7) is 3.94. The summed E-state index contributed by atoms with van der Waals surface area (Å²) in [6.07, 6.45) is 5.67. The number of nitrogens with zero attached hydrogens (tertiary/aromatic N) is 3. The molecular weight excluding hydrogens is 364 g/mol. The Bertz CT molecular complexity index is 1050. The number of hydrogen-bond donors (Lipinski definition) is 1. The summed E-state index contributed by atoms with van der Waals surface area (Å²) in [5.41, 5.74) is 2.58. The Balaban J connectivity index is 1.95. The fraction of sp³-hybridized carbons (Fsp3) is 0.316. The molecule has 27 heavy (non-hydrogen) atoms. The van der Waals surface area contributed by atoms with Crippen molar-refractivity contribution in [2.75, 3.05) is 18.2 Å². The molecule has 1 amide bonds. The molecule has 1 aliphatic rings. The minimum Gasteiger partial charge on any atom is -0.486 e. The topological polar surface area (TPSA) is 78.3 Å². The molecule has 1 unspecified atom stereocenters. The molecule has 0 spiro atoms. The van der Waals surface area contributed by atoms with Crippen LogP contribution in [0.1, 0.15) is 13.8 Å². The summed E-state index contributed by atoms with van der Waals surface area (Å²) in [7, 11) is 1.95. The van der Waals surface area contributed by atoms with E-state index in [2.05, 4.69) is 10.3 Å². The molecule has 3 aromatic heterocycles. The van der Waals surface area contributed by atoms with Crippen LogP contribution in [-0.2, 0) is 11.8 Å². The van der Waals surface area contributed by atoms with Crippen LogP contribution in [0.3, 0.4) is 0 Å². The lowest BCUT2D eigenvalue weighted by Gasteiger charge is -2.25. The Labute approximate surface area is 161 Å². The van der Waals surface area contributed by atoms with E-state index in [1.54, 1.807) is 18.0 Å². The molecule has 0 aliphatic carbocycles. The van der Waals surface area contributed by atoms with Crippen LogP contribution in [0.25, 0.3) is 22.2 Å². The second kappa shape index (κ2) is 6.77. The SMILES string of the molecule is CSc1cc2c(c(-c3cn(C)c4cnc(NC(C)=O)cc34)n1)OC(C)CO2. The van der Waals surface area contributed by atoms with Crippen molar-refractivity contribution in [2.45, 2.75) is 25.0 Å². The number of aromatic nitrogens is 3. The molecule has 0 saturated heterocycles. The van der Waals surface area contributed by atoms with Crippen molar-refractivity contribution in [1.29, 1.82) is 0 Å². The van der Waals surface area contributed by atoms with Gasteiger partial charge in [0, 0.05) is 37.2 Å². The lowest BCUT2D eigenvalue weighted by atomic mass is 10.1. The predicted molar refractivity (Wildman–Crippen MR) is 106 cm³/mol. The van der Waals surface area contributed by atoms with E-state index in [1.807, 2.05) is 43.1 Å². The van der Waals surface area contributed by atoms with Gasteiger partial charge in [-0.3, -0.25) is 4.79 Å². The van der Waals surface area contributed by atoms with E-state index in [1.165, 1.54) is 6.92 Å². The Morgan fingerprint density at radius 3 is 2.96 bits per heavy atom. The van der Waals surface area contributed by atoms with E-state index in [9.17, 15) is 4.79 Å². The summed E-state index contributed by atoms with van der Waals surface area (Å²) >= 11 is 1.55. The van der Waals surface area contributed by atoms with Crippen molar-refractivity contribution in [3.05, 3.63) is 24.5 Å². The highest BCUT2D eigenvalue weighted by Crippen LogP contribution is 2.44. The Hall–Kier alpha value is -2.74. The number of amides is 1. The second-order valence-corrected chi connectivity index (χ2v) is 7.33. The average molecular weight is 384 g/mol. The lowest BCUT2D eigenvalue weighted by molar-refractivity contribution is -0.114. The molecule has 0 saturated carbocycles. The second-order valence-electron chi connectivity index (χ2n) is 6.50. The largest absolute Gasteiger partial charge is 0.486 e. The van der Waals surface area contributed by atoms with E-state index < -0.39 is 0 Å². The number of rotatable bonds is 3. The molecule has 4 heterocycles. The van der Waals surface area contributed by atoms with Crippen LogP contribution in [-0.4, -0.2) is 39.4 Å². The first kappa shape index (κ1) is 17.7. The first-order valence-electron chi connectivity index (χ1n) is 8.57. The summed E-state index contributed by atoms with van der Waals surface area (Å²) in [6, 6.07) is 3.77. The van der Waals surface area contributed by atoms with Crippen LogP contribution in [0.2, 0.25) is 0 Å². The number of fused-ring (bicyclic) bond motifs is 2. The number of ether oxygens (including phenoxy) is 2. The highest BCUT2D eigenvalue weighted by molar-refractivity contribution is 7.98. The number of anilines is 1. The molecule has 0 bridgehead atoms. The minimum atomic E-state index is -0.162. The average Bonchev–Trinajstić information content (AvgIpc) is 2.96. The zero-order valence-electron chi connectivity index (χ0n) is 15.6. The Kier molecular flexibility index (Phi) is 4.43. The summed E-state index contributed by atoms with van der Waals surface area (Å²) in [5, 5.41) is 4.53. The maximum Gasteiger partial charge on any atom is 0.222 e. The highest BCUT2D eigenvalue weighted by atomic mass is 32.2. The van der Waals surface area contributed by atoms with Crippen LogP contribution in [0.15, 0.2) is 29.6 Å². The number of pyridine rings is 2. The molecule has 3 aromatic rings. The van der Waals surface area contributed by atoms with E-state index in [0.717, 1.165) is 27.2 Å². The van der Waals surface area contributed by atoms with Crippen LogP contribution in [0, 0.1) is 0 Å². The highest BCUT2D eigenvalue weighted by Gasteiger charge is 2.26. The van der Waals surface area contributed by atoms with E-state index in [4.69, 9.17) is 14.5 Å². The van der Waals surface area contributed by atoms with Crippen molar-refractivity contribution in [1.82, 2.24) is 14.5 Å². The van der Waals surface area contributed by atoms with Crippen molar-refractivity contribution in [2.24, 2.45) is 7.05 Å². The normalized spacial score (nSPS) is 15.8. The van der Waals surface area contributed by atoms with Gasteiger partial charge in [0.2, 0.25) is 5.91 Å². The van der Waals surface area contributed by atoms with Crippen molar-refractivity contribution < 1.29 is 14.3 Å². The molecule has 0 aromatic carbocycles. The lowest BCUT2D eigenvalue weighted by Crippen LogP contribution is -2.26. The Morgan fingerprint density at radius 1 is 1.41 bits per heavy atom. The molecule has 7 nitrogen and oxygen atoms in total. The molecule has 4 rings (SSSR count). The van der Waals surface area contributed by atoms with Gasteiger partial charge in [-0.1, -0.05) is 0 Å². The fourth-order valence-corrected chi connectivity index (χ4v) is 3.56. The molecule has 1 N–H and O–H groups in total. The predicted octanol–water partition coefficient (Wildman–Crippen LogP) is 3.48. The van der Waals surface area contributed by atoms with E-state index in [0.29, 0.717) is 23.9 Å². The summed E-state index contributed by atoms with van der Waals surface area (Å²) in [4.78, 5) is 20.5. The number of carbonyl (C=O) groups is 1. The first-order chi connectivity index (χ1) is 13.0. The maximum absolute atomic E-state index is 11.4. The molecule has 140 valence electrons. The number of hydrogen-bond acceptors (Lipinski definition) is 6. The van der Waals surface area contributed by atoms with Gasteiger partial charge in [0.1, 0.15) is 29.2 Å². The zero-order valence-corrected chi connectivity index (χ0v) is 16.4. The van der Waals surface area contributed by atoms with Gasteiger partial charge in [0.05, 0.1) is 11.7 Å². The van der Waals surface area contributed by atoms with Gasteiger partial charge >= 0.3 is 0 Å². The van der Waals surface area contributed by atoms with Gasteiger partial charge in [-0.25, -0.2) is 9.97 Å². The number of aryl methyl sites for hydroxylation is 1. The molecule has 1 atom stereocenters. The quantitative estimate of drug-likeness (QED) is 0.697. The third kappa shape index (κ3) is 3.21. The van der Waals surface area contributed by atoms with Crippen molar-refractivity contribution in [3.63, 3.8) is 0 Å². The number of nitrogens with one attached hydrogen (secondary N) is 1. The molecule has 0 fully saturated rings. The van der Waals surface area contributed by atoms with E-state index in [-0.39, 0.29) is 12.0 Å². The zero-order chi connectivity index (χ0) is 19.1. The maximum atomic E-state index is 11.4. The molecule has 0 radical (unpaired) electrons. The van der Waals surface area contributed by atoms with Crippen molar-refractivity contribution in [3.8, 4) is 22.8 Å². The number of thioether (sulfide) groups is 1. The third-order valence-corrected chi connectivity index (χ3v) is 4.98. The van der Waals surface area contributed by atoms with Gasteiger partial charge in [-0.2, -0.15) is 0 Å². The van der Waals surface area contributed by atoms with Crippen LogP contribution < -0.4 is 14.8 Å². The van der Waals surface area contributed by atoms with Gasteiger partial charge in [0.25, 0.3) is 0 Å². The molecular formula is C19H20N4O3S. The fourth-order valence-electron chi connectivity index (χ4n) is 3.15. The van der Waals surface area contributed by atoms with Crippen molar-refractivity contribution >= 4 is 34.4 Å². The standard InChI is InChI=1S/C19H20N4O3S/c1-10-9-25-15-6-17(27-4)22-18(19(15)26-10)13-8-23(3)14-7-20-16(5-12(13)14)21-11(2)24/h5-8,10H,9H2,1-4H3,(H,20,21,24). The van der Waals surface area contributed by atoms with Crippen LogP contribution >= 0.6 is 11.8 Å². The first-order valence-corrected chi connectivity index (χ1v) is 9.80. The van der Waals surface area contributed by atoms with Crippen LogP contribution in [0.4, 0.5) is 5.82 Å². The monoisotopic (exact) mass is 384 g/mol. The molecule has 1 aliphatic heterocycles. The Morgan fingerprint density at radius 2 is 2.22 bits per heavy atom. The minimum absolute atomic E-state index is 0.0511. The van der Waals surface area contributed by atoms with Gasteiger partial charge in [0.15, 0.2) is 11.5 Å². The number of carbonyl (C=O) groups excluding carboxylic acids is 1.